The first kappa shape index (κ1) is 16.1. The number of rotatable bonds is 5. The van der Waals surface area contributed by atoms with Crippen molar-refractivity contribution in [3.63, 3.8) is 0 Å². The third-order valence-electron chi connectivity index (χ3n) is 3.16. The predicted octanol–water partition coefficient (Wildman–Crippen LogP) is 4.09. The summed E-state index contributed by atoms with van der Waals surface area (Å²) in [7, 11) is 0. The number of fused-ring (bicyclic) bond motifs is 1. The Balaban J connectivity index is 1.74. The molecule has 0 aliphatic heterocycles. The minimum atomic E-state index is -0.731. The second kappa shape index (κ2) is 6.80. The molecular formula is C17H12ClFN2O3. The van der Waals surface area contributed by atoms with Gasteiger partial charge in [0, 0.05) is 6.07 Å². The normalized spacial score (nSPS) is 12.0. The molecular weight excluding hydrogens is 335 g/mol. The summed E-state index contributed by atoms with van der Waals surface area (Å²) < 4.78 is 24.1. The molecule has 122 valence electrons. The van der Waals surface area contributed by atoms with Gasteiger partial charge in [-0.2, -0.15) is 0 Å². The van der Waals surface area contributed by atoms with E-state index in [4.69, 9.17) is 21.1 Å². The summed E-state index contributed by atoms with van der Waals surface area (Å²) in [6.07, 6.45) is 0.686. The summed E-state index contributed by atoms with van der Waals surface area (Å²) in [6.45, 7) is 1.56. The molecule has 3 aromatic rings. The Morgan fingerprint density at radius 1 is 1.12 bits per heavy atom. The Kier molecular flexibility index (Phi) is 4.57. The van der Waals surface area contributed by atoms with Crippen molar-refractivity contribution in [1.29, 1.82) is 0 Å². The SMILES string of the molecule is CC(Oc1ccc(Oc2cnc3cc(F)ccc3n2)cc1)C(=O)Cl. The van der Waals surface area contributed by atoms with Crippen LogP contribution in [0.4, 0.5) is 4.39 Å². The molecule has 0 spiro atoms. The lowest BCUT2D eigenvalue weighted by Crippen LogP contribution is -2.18. The second-order valence-electron chi connectivity index (χ2n) is 4.98. The molecule has 0 fully saturated rings. The molecule has 1 heterocycles. The predicted molar refractivity (Wildman–Crippen MR) is 87.0 cm³/mol. The molecule has 1 aromatic heterocycles. The number of carbonyl (C=O) groups excluding carboxylic acids is 1. The summed E-state index contributed by atoms with van der Waals surface area (Å²) >= 11 is 5.35. The molecule has 0 bridgehead atoms. The zero-order chi connectivity index (χ0) is 17.1. The zero-order valence-electron chi connectivity index (χ0n) is 12.6. The molecule has 3 rings (SSSR count). The van der Waals surface area contributed by atoms with E-state index in [1.54, 1.807) is 31.2 Å². The van der Waals surface area contributed by atoms with Crippen molar-refractivity contribution in [1.82, 2.24) is 9.97 Å². The topological polar surface area (TPSA) is 61.3 Å². The number of hydrogen-bond donors (Lipinski definition) is 0. The molecule has 0 amide bonds. The van der Waals surface area contributed by atoms with E-state index in [-0.39, 0.29) is 11.7 Å². The smallest absolute Gasteiger partial charge is 0.262 e. The van der Waals surface area contributed by atoms with E-state index in [2.05, 4.69) is 9.97 Å². The van der Waals surface area contributed by atoms with E-state index >= 15 is 0 Å². The van der Waals surface area contributed by atoms with Gasteiger partial charge in [-0.3, -0.25) is 4.79 Å². The minimum absolute atomic E-state index is 0.284. The molecule has 24 heavy (non-hydrogen) atoms. The van der Waals surface area contributed by atoms with Crippen LogP contribution < -0.4 is 9.47 Å². The van der Waals surface area contributed by atoms with Gasteiger partial charge >= 0.3 is 0 Å². The van der Waals surface area contributed by atoms with Crippen molar-refractivity contribution in [2.24, 2.45) is 0 Å². The standard InChI is InChI=1S/C17H12ClFN2O3/c1-10(17(18)22)23-12-3-5-13(6-4-12)24-16-9-20-15-8-11(19)2-7-14(15)21-16/h2-10H,1H3. The van der Waals surface area contributed by atoms with Crippen molar-refractivity contribution in [3.05, 3.63) is 54.5 Å². The maximum atomic E-state index is 13.1. The molecule has 0 saturated carbocycles. The Labute approximate surface area is 142 Å². The molecule has 5 nitrogen and oxygen atoms in total. The quantitative estimate of drug-likeness (QED) is 0.651. The number of aromatic nitrogens is 2. The fourth-order valence-corrected chi connectivity index (χ4v) is 2.02. The lowest BCUT2D eigenvalue weighted by atomic mass is 10.3. The second-order valence-corrected chi connectivity index (χ2v) is 5.35. The lowest BCUT2D eigenvalue weighted by Gasteiger charge is -2.11. The molecule has 1 unspecified atom stereocenters. The van der Waals surface area contributed by atoms with Crippen LogP contribution >= 0.6 is 11.6 Å². The van der Waals surface area contributed by atoms with Crippen LogP contribution in [0.5, 0.6) is 17.4 Å². The van der Waals surface area contributed by atoms with Gasteiger partial charge in [0.15, 0.2) is 6.10 Å². The highest BCUT2D eigenvalue weighted by Gasteiger charge is 2.11. The van der Waals surface area contributed by atoms with E-state index in [9.17, 15) is 9.18 Å². The van der Waals surface area contributed by atoms with Crippen LogP contribution in [0.3, 0.4) is 0 Å². The molecule has 0 N–H and O–H groups in total. The first-order valence-electron chi connectivity index (χ1n) is 7.07. The van der Waals surface area contributed by atoms with Gasteiger partial charge in [0.05, 0.1) is 17.2 Å². The van der Waals surface area contributed by atoms with Gasteiger partial charge in [0.1, 0.15) is 17.3 Å². The summed E-state index contributed by atoms with van der Waals surface area (Å²) in [5.74, 6) is 0.921. The van der Waals surface area contributed by atoms with Crippen LogP contribution in [0.15, 0.2) is 48.7 Å². The Morgan fingerprint density at radius 2 is 1.83 bits per heavy atom. The van der Waals surface area contributed by atoms with Gasteiger partial charge in [-0.05, 0) is 54.9 Å². The lowest BCUT2D eigenvalue weighted by molar-refractivity contribution is -0.117. The number of halogens is 2. The largest absolute Gasteiger partial charge is 0.482 e. The first-order chi connectivity index (χ1) is 11.5. The van der Waals surface area contributed by atoms with Gasteiger partial charge in [0.25, 0.3) is 5.24 Å². The number of ether oxygens (including phenoxy) is 2. The van der Waals surface area contributed by atoms with Crippen molar-refractivity contribution in [2.75, 3.05) is 0 Å². The maximum absolute atomic E-state index is 13.1. The fourth-order valence-electron chi connectivity index (χ4n) is 1.97. The number of hydrogen-bond acceptors (Lipinski definition) is 5. The van der Waals surface area contributed by atoms with E-state index in [0.29, 0.717) is 22.5 Å². The van der Waals surface area contributed by atoms with Crippen LogP contribution in [0.1, 0.15) is 6.92 Å². The highest BCUT2D eigenvalue weighted by Crippen LogP contribution is 2.24. The third kappa shape index (κ3) is 3.78. The summed E-state index contributed by atoms with van der Waals surface area (Å²) in [5.41, 5.74) is 0.981. The van der Waals surface area contributed by atoms with Crippen LogP contribution in [-0.4, -0.2) is 21.3 Å². The van der Waals surface area contributed by atoms with Crippen LogP contribution in [-0.2, 0) is 4.79 Å². The van der Waals surface area contributed by atoms with Gasteiger partial charge in [-0.1, -0.05) is 0 Å². The van der Waals surface area contributed by atoms with Gasteiger partial charge in [-0.15, -0.1) is 0 Å². The van der Waals surface area contributed by atoms with E-state index in [1.165, 1.54) is 24.4 Å². The highest BCUT2D eigenvalue weighted by atomic mass is 35.5. The van der Waals surface area contributed by atoms with E-state index in [0.717, 1.165) is 0 Å². The summed E-state index contributed by atoms with van der Waals surface area (Å²) in [4.78, 5) is 19.3. The molecule has 1 atom stereocenters. The molecule has 0 saturated heterocycles. The maximum Gasteiger partial charge on any atom is 0.262 e. The van der Waals surface area contributed by atoms with Crippen molar-refractivity contribution >= 4 is 27.9 Å². The zero-order valence-corrected chi connectivity index (χ0v) is 13.3. The van der Waals surface area contributed by atoms with E-state index in [1.807, 2.05) is 0 Å². The molecule has 0 radical (unpaired) electrons. The molecule has 7 heteroatoms. The van der Waals surface area contributed by atoms with Crippen molar-refractivity contribution in [2.45, 2.75) is 13.0 Å². The average molecular weight is 347 g/mol. The molecule has 0 aliphatic rings. The average Bonchev–Trinajstić information content (AvgIpc) is 2.56. The number of nitrogens with zero attached hydrogens (tertiary/aromatic N) is 2. The highest BCUT2D eigenvalue weighted by molar-refractivity contribution is 6.64. The molecule has 2 aromatic carbocycles. The van der Waals surface area contributed by atoms with Gasteiger partial charge in [0.2, 0.25) is 5.88 Å². The summed E-state index contributed by atoms with van der Waals surface area (Å²) in [6, 6.07) is 10.8. The number of benzene rings is 2. The minimum Gasteiger partial charge on any atom is -0.482 e. The van der Waals surface area contributed by atoms with Gasteiger partial charge in [-0.25, -0.2) is 14.4 Å². The fraction of sp³-hybridized carbons (Fsp3) is 0.118. The first-order valence-corrected chi connectivity index (χ1v) is 7.45. The van der Waals surface area contributed by atoms with Crippen molar-refractivity contribution in [3.8, 4) is 17.4 Å². The van der Waals surface area contributed by atoms with Crippen LogP contribution in [0.25, 0.3) is 11.0 Å². The Morgan fingerprint density at radius 3 is 2.54 bits per heavy atom. The van der Waals surface area contributed by atoms with Crippen LogP contribution in [0.2, 0.25) is 0 Å². The summed E-state index contributed by atoms with van der Waals surface area (Å²) in [5, 5.41) is -0.571. The van der Waals surface area contributed by atoms with Crippen molar-refractivity contribution < 1.29 is 18.7 Å². The van der Waals surface area contributed by atoms with Crippen LogP contribution in [0, 0.1) is 5.82 Å². The molecule has 0 aliphatic carbocycles. The van der Waals surface area contributed by atoms with E-state index < -0.39 is 11.3 Å². The number of carbonyl (C=O) groups is 1. The Hall–Kier alpha value is -2.73. The third-order valence-corrected chi connectivity index (χ3v) is 3.47. The monoisotopic (exact) mass is 346 g/mol. The van der Waals surface area contributed by atoms with Gasteiger partial charge < -0.3 is 9.47 Å². The Bertz CT molecular complexity index is 887.